The Labute approximate surface area is 141 Å². The van der Waals surface area contributed by atoms with Gasteiger partial charge in [-0.3, -0.25) is 9.59 Å². The van der Waals surface area contributed by atoms with Gasteiger partial charge in [0.25, 0.3) is 5.91 Å². The van der Waals surface area contributed by atoms with E-state index in [1.807, 2.05) is 31.2 Å². The van der Waals surface area contributed by atoms with Crippen LogP contribution in [0.4, 0.5) is 0 Å². The Kier molecular flexibility index (Phi) is 6.89. The van der Waals surface area contributed by atoms with Crippen molar-refractivity contribution in [3.8, 4) is 5.75 Å². The molecule has 1 aromatic carbocycles. The molecule has 0 aliphatic carbocycles. The SMILES string of the molecule is Cc1ccccc1OCCCC(=O)NCCNC(=O)c1ccco1. The molecule has 0 saturated heterocycles. The number of rotatable bonds is 9. The molecule has 2 aromatic rings. The number of carbonyl (C=O) groups excluding carboxylic acids is 2. The average Bonchev–Trinajstić information content (AvgIpc) is 3.11. The highest BCUT2D eigenvalue weighted by Crippen LogP contribution is 2.16. The van der Waals surface area contributed by atoms with Gasteiger partial charge in [0.05, 0.1) is 12.9 Å². The van der Waals surface area contributed by atoms with Gasteiger partial charge >= 0.3 is 0 Å². The lowest BCUT2D eigenvalue weighted by Crippen LogP contribution is -2.34. The Morgan fingerprint density at radius 1 is 1.08 bits per heavy atom. The highest BCUT2D eigenvalue weighted by atomic mass is 16.5. The van der Waals surface area contributed by atoms with E-state index >= 15 is 0 Å². The van der Waals surface area contributed by atoms with Crippen LogP contribution >= 0.6 is 0 Å². The van der Waals surface area contributed by atoms with E-state index in [-0.39, 0.29) is 17.6 Å². The van der Waals surface area contributed by atoms with Crippen molar-refractivity contribution in [2.45, 2.75) is 19.8 Å². The van der Waals surface area contributed by atoms with Gasteiger partial charge in [0.15, 0.2) is 5.76 Å². The second-order valence-corrected chi connectivity index (χ2v) is 5.30. The molecule has 24 heavy (non-hydrogen) atoms. The van der Waals surface area contributed by atoms with Crippen molar-refractivity contribution in [2.24, 2.45) is 0 Å². The Morgan fingerprint density at radius 2 is 1.88 bits per heavy atom. The molecule has 1 aromatic heterocycles. The molecule has 2 amide bonds. The van der Waals surface area contributed by atoms with Crippen LogP contribution in [0.25, 0.3) is 0 Å². The monoisotopic (exact) mass is 330 g/mol. The van der Waals surface area contributed by atoms with Crippen LogP contribution in [0.2, 0.25) is 0 Å². The quantitative estimate of drug-likeness (QED) is 0.691. The molecule has 128 valence electrons. The van der Waals surface area contributed by atoms with Crippen LogP contribution < -0.4 is 15.4 Å². The smallest absolute Gasteiger partial charge is 0.287 e. The number of benzene rings is 1. The standard InChI is InChI=1S/C18H22N2O4/c1-14-6-2-3-7-15(14)23-13-5-9-17(21)19-10-11-20-18(22)16-8-4-12-24-16/h2-4,6-8,12H,5,9-11,13H2,1H3,(H,19,21)(H,20,22). The van der Waals surface area contributed by atoms with E-state index in [1.165, 1.54) is 6.26 Å². The van der Waals surface area contributed by atoms with E-state index in [2.05, 4.69) is 10.6 Å². The molecule has 1 heterocycles. The highest BCUT2D eigenvalue weighted by molar-refractivity contribution is 5.91. The molecule has 2 N–H and O–H groups in total. The predicted octanol–water partition coefficient (Wildman–Crippen LogP) is 2.29. The first kappa shape index (κ1) is 17.6. The van der Waals surface area contributed by atoms with E-state index in [1.54, 1.807) is 12.1 Å². The van der Waals surface area contributed by atoms with Gasteiger partial charge < -0.3 is 19.8 Å². The van der Waals surface area contributed by atoms with Gasteiger partial charge in [-0.05, 0) is 37.1 Å². The normalized spacial score (nSPS) is 10.2. The summed E-state index contributed by atoms with van der Waals surface area (Å²) in [7, 11) is 0. The molecule has 0 aliphatic heterocycles. The first-order valence-electron chi connectivity index (χ1n) is 7.93. The summed E-state index contributed by atoms with van der Waals surface area (Å²) in [4.78, 5) is 23.3. The number of nitrogens with one attached hydrogen (secondary N) is 2. The Balaban J connectivity index is 1.52. The van der Waals surface area contributed by atoms with Crippen molar-refractivity contribution in [1.82, 2.24) is 10.6 Å². The molecule has 0 bridgehead atoms. The van der Waals surface area contributed by atoms with Gasteiger partial charge in [-0.1, -0.05) is 18.2 Å². The van der Waals surface area contributed by atoms with Crippen LogP contribution in [-0.4, -0.2) is 31.5 Å². The first-order chi connectivity index (χ1) is 11.7. The third-order valence-electron chi connectivity index (χ3n) is 3.38. The molecule has 6 nitrogen and oxygen atoms in total. The minimum atomic E-state index is -0.291. The van der Waals surface area contributed by atoms with Crippen molar-refractivity contribution < 1.29 is 18.7 Å². The zero-order chi connectivity index (χ0) is 17.2. The number of ether oxygens (including phenoxy) is 1. The van der Waals surface area contributed by atoms with E-state index in [0.29, 0.717) is 32.5 Å². The molecular formula is C18H22N2O4. The molecular weight excluding hydrogens is 308 g/mol. The fourth-order valence-corrected chi connectivity index (χ4v) is 2.09. The van der Waals surface area contributed by atoms with Gasteiger partial charge in [-0.25, -0.2) is 0 Å². The largest absolute Gasteiger partial charge is 0.493 e. The Hall–Kier alpha value is -2.76. The summed E-state index contributed by atoms with van der Waals surface area (Å²) in [5, 5.41) is 5.42. The minimum Gasteiger partial charge on any atom is -0.493 e. The Bertz CT molecular complexity index is 653. The van der Waals surface area contributed by atoms with Gasteiger partial charge in [-0.2, -0.15) is 0 Å². The number of carbonyl (C=O) groups is 2. The molecule has 0 atom stereocenters. The lowest BCUT2D eigenvalue weighted by molar-refractivity contribution is -0.121. The van der Waals surface area contributed by atoms with Crippen molar-refractivity contribution in [1.29, 1.82) is 0 Å². The summed E-state index contributed by atoms with van der Waals surface area (Å²) >= 11 is 0. The molecule has 0 radical (unpaired) electrons. The maximum Gasteiger partial charge on any atom is 0.287 e. The maximum atomic E-state index is 11.7. The summed E-state index contributed by atoms with van der Waals surface area (Å²) in [5.41, 5.74) is 1.08. The molecule has 0 aliphatic rings. The fraction of sp³-hybridized carbons (Fsp3) is 0.333. The zero-order valence-electron chi connectivity index (χ0n) is 13.7. The number of hydrogen-bond acceptors (Lipinski definition) is 4. The van der Waals surface area contributed by atoms with Crippen LogP contribution in [0, 0.1) is 6.92 Å². The predicted molar refractivity (Wildman–Crippen MR) is 90.0 cm³/mol. The second kappa shape index (κ2) is 9.39. The summed E-state index contributed by atoms with van der Waals surface area (Å²) in [6, 6.07) is 11.0. The maximum absolute atomic E-state index is 11.7. The summed E-state index contributed by atoms with van der Waals surface area (Å²) in [6.45, 7) is 3.21. The molecule has 0 spiro atoms. The molecule has 6 heteroatoms. The van der Waals surface area contributed by atoms with Crippen LogP contribution in [-0.2, 0) is 4.79 Å². The lowest BCUT2D eigenvalue weighted by atomic mass is 10.2. The van der Waals surface area contributed by atoms with Crippen LogP contribution in [0.1, 0.15) is 29.0 Å². The minimum absolute atomic E-state index is 0.0596. The highest BCUT2D eigenvalue weighted by Gasteiger charge is 2.07. The summed E-state index contributed by atoms with van der Waals surface area (Å²) in [5.74, 6) is 0.754. The molecule has 0 fully saturated rings. The van der Waals surface area contributed by atoms with E-state index in [0.717, 1.165) is 11.3 Å². The Morgan fingerprint density at radius 3 is 2.62 bits per heavy atom. The van der Waals surface area contributed by atoms with Gasteiger partial charge in [-0.15, -0.1) is 0 Å². The van der Waals surface area contributed by atoms with Gasteiger partial charge in [0.1, 0.15) is 5.75 Å². The van der Waals surface area contributed by atoms with Gasteiger partial charge in [0, 0.05) is 19.5 Å². The van der Waals surface area contributed by atoms with E-state index in [9.17, 15) is 9.59 Å². The summed E-state index contributed by atoms with van der Waals surface area (Å²) < 4.78 is 10.6. The van der Waals surface area contributed by atoms with E-state index in [4.69, 9.17) is 9.15 Å². The molecule has 0 unspecified atom stereocenters. The van der Waals surface area contributed by atoms with E-state index < -0.39 is 0 Å². The number of para-hydroxylation sites is 1. The zero-order valence-corrected chi connectivity index (χ0v) is 13.7. The number of hydrogen-bond donors (Lipinski definition) is 2. The average molecular weight is 330 g/mol. The third kappa shape index (κ3) is 5.79. The van der Waals surface area contributed by atoms with Crippen LogP contribution in [0.15, 0.2) is 47.1 Å². The van der Waals surface area contributed by atoms with Crippen molar-refractivity contribution in [2.75, 3.05) is 19.7 Å². The third-order valence-corrected chi connectivity index (χ3v) is 3.38. The molecule has 2 rings (SSSR count). The number of aryl methyl sites for hydroxylation is 1. The lowest BCUT2D eigenvalue weighted by Gasteiger charge is -2.09. The number of furan rings is 1. The van der Waals surface area contributed by atoms with Crippen LogP contribution in [0.3, 0.4) is 0 Å². The van der Waals surface area contributed by atoms with Gasteiger partial charge in [0.2, 0.25) is 5.91 Å². The van der Waals surface area contributed by atoms with Crippen molar-refractivity contribution in [3.05, 3.63) is 54.0 Å². The second-order valence-electron chi connectivity index (χ2n) is 5.30. The fourth-order valence-electron chi connectivity index (χ4n) is 2.09. The van der Waals surface area contributed by atoms with Crippen LogP contribution in [0.5, 0.6) is 5.75 Å². The van der Waals surface area contributed by atoms with Crippen molar-refractivity contribution >= 4 is 11.8 Å². The molecule has 0 saturated carbocycles. The number of amides is 2. The van der Waals surface area contributed by atoms with Crippen molar-refractivity contribution in [3.63, 3.8) is 0 Å². The summed E-state index contributed by atoms with van der Waals surface area (Å²) in [6.07, 6.45) is 2.46. The topological polar surface area (TPSA) is 80.6 Å². The first-order valence-corrected chi connectivity index (χ1v) is 7.93.